The molecule has 0 radical (unpaired) electrons. The van der Waals surface area contributed by atoms with E-state index in [9.17, 15) is 0 Å². The van der Waals surface area contributed by atoms with Crippen molar-refractivity contribution in [3.8, 4) is 0 Å². The molecule has 5 nitrogen and oxygen atoms in total. The highest BCUT2D eigenvalue weighted by Gasteiger charge is 2.07. The molecule has 0 aliphatic carbocycles. The van der Waals surface area contributed by atoms with Crippen LogP contribution in [0.4, 0.5) is 0 Å². The van der Waals surface area contributed by atoms with Gasteiger partial charge in [-0.05, 0) is 33.3 Å². The lowest BCUT2D eigenvalue weighted by Crippen LogP contribution is -2.41. The summed E-state index contributed by atoms with van der Waals surface area (Å²) >= 11 is 0. The minimum Gasteiger partial charge on any atom is -0.375 e. The van der Waals surface area contributed by atoms with Gasteiger partial charge < -0.3 is 20.7 Å². The first-order chi connectivity index (χ1) is 11.0. The van der Waals surface area contributed by atoms with Gasteiger partial charge in [-0.1, -0.05) is 30.3 Å². The minimum atomic E-state index is 0.132. The quantitative estimate of drug-likeness (QED) is 0.371. The monoisotopic (exact) mass is 320 g/mol. The molecule has 130 valence electrons. The van der Waals surface area contributed by atoms with E-state index >= 15 is 0 Å². The molecule has 3 N–H and O–H groups in total. The van der Waals surface area contributed by atoms with Crippen LogP contribution < -0.4 is 16.0 Å². The van der Waals surface area contributed by atoms with E-state index in [0.717, 1.165) is 32.1 Å². The summed E-state index contributed by atoms with van der Waals surface area (Å²) in [5, 5.41) is 9.96. The van der Waals surface area contributed by atoms with Crippen molar-refractivity contribution in [3.05, 3.63) is 35.9 Å². The van der Waals surface area contributed by atoms with Crippen molar-refractivity contribution in [2.75, 3.05) is 32.8 Å². The topological polar surface area (TPSA) is 57.7 Å². The molecule has 0 amide bonds. The fraction of sp³-hybridized carbons (Fsp3) is 0.611. The Hall–Kier alpha value is -1.59. The first-order valence-electron chi connectivity index (χ1n) is 8.40. The highest BCUT2D eigenvalue weighted by atomic mass is 16.5. The third kappa shape index (κ3) is 10.7. The number of ether oxygens (including phenoxy) is 1. The van der Waals surface area contributed by atoms with Crippen LogP contribution >= 0.6 is 0 Å². The standard InChI is InChI=1S/C18H32N4O/c1-5-19-17(20-11-12-22-18(2,3)4)21-13-14-23-15-16-9-7-6-8-10-16/h6-10,22H,5,11-15H2,1-4H3,(H2,19,20,21). The van der Waals surface area contributed by atoms with Crippen molar-refractivity contribution < 1.29 is 4.74 Å². The average Bonchev–Trinajstić information content (AvgIpc) is 2.51. The fourth-order valence-electron chi connectivity index (χ4n) is 1.95. The molecule has 0 bridgehead atoms. The normalized spacial score (nSPS) is 12.3. The summed E-state index contributed by atoms with van der Waals surface area (Å²) in [4.78, 5) is 4.55. The van der Waals surface area contributed by atoms with Crippen LogP contribution in [0.2, 0.25) is 0 Å². The van der Waals surface area contributed by atoms with Gasteiger partial charge in [0.1, 0.15) is 0 Å². The number of hydrogen-bond acceptors (Lipinski definition) is 3. The van der Waals surface area contributed by atoms with Gasteiger partial charge in [-0.25, -0.2) is 0 Å². The molecule has 0 fully saturated rings. The van der Waals surface area contributed by atoms with E-state index in [4.69, 9.17) is 4.74 Å². The Morgan fingerprint density at radius 2 is 1.83 bits per heavy atom. The summed E-state index contributed by atoms with van der Waals surface area (Å²) < 4.78 is 5.66. The SMILES string of the molecule is CCNC(=NCCNC(C)(C)C)NCCOCc1ccccc1. The van der Waals surface area contributed by atoms with Crippen molar-refractivity contribution in [1.29, 1.82) is 0 Å². The Balaban J connectivity index is 2.19. The van der Waals surface area contributed by atoms with Crippen LogP contribution in [0.1, 0.15) is 33.3 Å². The molecule has 0 saturated carbocycles. The zero-order valence-corrected chi connectivity index (χ0v) is 15.0. The van der Waals surface area contributed by atoms with Crippen LogP contribution in [0.15, 0.2) is 35.3 Å². The fourth-order valence-corrected chi connectivity index (χ4v) is 1.95. The predicted octanol–water partition coefficient (Wildman–Crippen LogP) is 2.15. The highest BCUT2D eigenvalue weighted by molar-refractivity contribution is 5.79. The van der Waals surface area contributed by atoms with Crippen LogP contribution in [0.3, 0.4) is 0 Å². The summed E-state index contributed by atoms with van der Waals surface area (Å²) in [6.45, 7) is 13.0. The van der Waals surface area contributed by atoms with Gasteiger partial charge in [-0.3, -0.25) is 4.99 Å². The molecule has 23 heavy (non-hydrogen) atoms. The summed E-state index contributed by atoms with van der Waals surface area (Å²) in [5.41, 5.74) is 1.33. The lowest BCUT2D eigenvalue weighted by Gasteiger charge is -2.20. The van der Waals surface area contributed by atoms with E-state index in [0.29, 0.717) is 13.2 Å². The minimum absolute atomic E-state index is 0.132. The molecule has 1 aromatic rings. The predicted molar refractivity (Wildman–Crippen MR) is 97.8 cm³/mol. The Morgan fingerprint density at radius 1 is 1.09 bits per heavy atom. The zero-order chi connectivity index (χ0) is 17.0. The molecule has 0 aliphatic heterocycles. The van der Waals surface area contributed by atoms with Crippen LogP contribution in [0.5, 0.6) is 0 Å². The van der Waals surface area contributed by atoms with Crippen LogP contribution in [0.25, 0.3) is 0 Å². The van der Waals surface area contributed by atoms with Crippen molar-refractivity contribution >= 4 is 5.96 Å². The van der Waals surface area contributed by atoms with Crippen LogP contribution in [0, 0.1) is 0 Å². The molecule has 0 heterocycles. The second-order valence-corrected chi connectivity index (χ2v) is 6.40. The Morgan fingerprint density at radius 3 is 2.48 bits per heavy atom. The van der Waals surface area contributed by atoms with E-state index in [1.807, 2.05) is 18.2 Å². The van der Waals surface area contributed by atoms with Crippen LogP contribution in [-0.2, 0) is 11.3 Å². The maximum atomic E-state index is 5.66. The van der Waals surface area contributed by atoms with E-state index in [1.165, 1.54) is 5.56 Å². The number of hydrogen-bond donors (Lipinski definition) is 3. The zero-order valence-electron chi connectivity index (χ0n) is 15.0. The second kappa shape index (κ2) is 11.0. The first-order valence-corrected chi connectivity index (χ1v) is 8.40. The van der Waals surface area contributed by atoms with Gasteiger partial charge in [0, 0.05) is 25.2 Å². The molecular weight excluding hydrogens is 288 g/mol. The van der Waals surface area contributed by atoms with Gasteiger partial charge in [-0.15, -0.1) is 0 Å². The Bertz CT molecular complexity index is 440. The van der Waals surface area contributed by atoms with Crippen LogP contribution in [-0.4, -0.2) is 44.3 Å². The summed E-state index contributed by atoms with van der Waals surface area (Å²) in [5.74, 6) is 0.839. The summed E-state index contributed by atoms with van der Waals surface area (Å²) in [6, 6.07) is 10.2. The van der Waals surface area contributed by atoms with Gasteiger partial charge in [0.2, 0.25) is 0 Å². The summed E-state index contributed by atoms with van der Waals surface area (Å²) in [6.07, 6.45) is 0. The van der Waals surface area contributed by atoms with Gasteiger partial charge in [-0.2, -0.15) is 0 Å². The number of nitrogens with zero attached hydrogens (tertiary/aromatic N) is 1. The molecule has 5 heteroatoms. The van der Waals surface area contributed by atoms with E-state index in [2.05, 4.69) is 60.8 Å². The van der Waals surface area contributed by atoms with E-state index < -0.39 is 0 Å². The third-order valence-electron chi connectivity index (χ3n) is 3.03. The molecule has 0 atom stereocenters. The molecule has 0 aliphatic rings. The summed E-state index contributed by atoms with van der Waals surface area (Å²) in [7, 11) is 0. The second-order valence-electron chi connectivity index (χ2n) is 6.40. The highest BCUT2D eigenvalue weighted by Crippen LogP contribution is 1.99. The van der Waals surface area contributed by atoms with E-state index in [1.54, 1.807) is 0 Å². The molecule has 0 aromatic heterocycles. The van der Waals surface area contributed by atoms with Gasteiger partial charge >= 0.3 is 0 Å². The number of aliphatic imine (C=N–C) groups is 1. The van der Waals surface area contributed by atoms with E-state index in [-0.39, 0.29) is 5.54 Å². The Labute approximate surface area is 140 Å². The molecule has 0 saturated heterocycles. The lowest BCUT2D eigenvalue weighted by atomic mass is 10.1. The number of rotatable bonds is 9. The van der Waals surface area contributed by atoms with Gasteiger partial charge in [0.25, 0.3) is 0 Å². The molecule has 0 spiro atoms. The number of nitrogens with one attached hydrogen (secondary N) is 3. The van der Waals surface area contributed by atoms with Crippen molar-refractivity contribution in [2.45, 2.75) is 39.8 Å². The van der Waals surface area contributed by atoms with Crippen molar-refractivity contribution in [2.24, 2.45) is 4.99 Å². The number of guanidine groups is 1. The van der Waals surface area contributed by atoms with Crippen molar-refractivity contribution in [3.63, 3.8) is 0 Å². The molecule has 1 aromatic carbocycles. The smallest absolute Gasteiger partial charge is 0.191 e. The molecule has 1 rings (SSSR count). The van der Waals surface area contributed by atoms with Crippen molar-refractivity contribution in [1.82, 2.24) is 16.0 Å². The number of benzene rings is 1. The first kappa shape index (κ1) is 19.5. The lowest BCUT2D eigenvalue weighted by molar-refractivity contribution is 0.125. The molecular formula is C18H32N4O. The maximum absolute atomic E-state index is 5.66. The third-order valence-corrected chi connectivity index (χ3v) is 3.03. The largest absolute Gasteiger partial charge is 0.375 e. The van der Waals surface area contributed by atoms with Gasteiger partial charge in [0.15, 0.2) is 5.96 Å². The average molecular weight is 320 g/mol. The maximum Gasteiger partial charge on any atom is 0.191 e. The Kier molecular flexibility index (Phi) is 9.33. The van der Waals surface area contributed by atoms with Gasteiger partial charge in [0.05, 0.1) is 19.8 Å². The molecule has 0 unspecified atom stereocenters.